The zero-order chi connectivity index (χ0) is 7.86. The lowest BCUT2D eigenvalue weighted by Gasteiger charge is -1.88. The second kappa shape index (κ2) is 11.5. The molecule has 0 bridgehead atoms. The van der Waals surface area contributed by atoms with Crippen LogP contribution in [0.2, 0.25) is 0 Å². The van der Waals surface area contributed by atoms with Gasteiger partial charge in [0, 0.05) is 0 Å². The smallest absolute Gasteiger partial charge is 0.0440 e. The Balaban J connectivity index is -0.000000107. The summed E-state index contributed by atoms with van der Waals surface area (Å²) in [6.45, 7) is 12.7. The highest BCUT2D eigenvalue weighted by Gasteiger charge is 1.75. The fourth-order valence-corrected chi connectivity index (χ4v) is 0. The highest BCUT2D eigenvalue weighted by atomic mass is 13.8. The van der Waals surface area contributed by atoms with E-state index in [1.54, 1.807) is 0 Å². The lowest BCUT2D eigenvalue weighted by molar-refractivity contribution is 1.09. The Labute approximate surface area is 67.3 Å². The van der Waals surface area contributed by atoms with Gasteiger partial charge in [0.2, 0.25) is 0 Å². The monoisotopic (exact) mass is 144 g/mol. The number of hydrogen-bond acceptors (Lipinski definition) is 0. The molecule has 0 unspecified atom stereocenters. The molecular formula is C10H24. The number of rotatable bonds is 0. The molecule has 0 aliphatic carbocycles. The average Bonchev–Trinajstić information content (AvgIpc) is 1.68. The molecule has 0 nitrogen and oxygen atoms in total. The van der Waals surface area contributed by atoms with E-state index in [4.69, 9.17) is 0 Å². The van der Waals surface area contributed by atoms with E-state index >= 15 is 0 Å². The van der Waals surface area contributed by atoms with Crippen molar-refractivity contribution in [3.8, 4) is 0 Å². The van der Waals surface area contributed by atoms with Crippen molar-refractivity contribution in [2.75, 3.05) is 0 Å². The summed E-state index contributed by atoms with van der Waals surface area (Å²) < 4.78 is 0. The minimum absolute atomic E-state index is 0. The molecule has 0 aliphatic rings. The highest BCUT2D eigenvalue weighted by Crippen LogP contribution is 1.96. The van der Waals surface area contributed by atoms with Gasteiger partial charge in [-0.1, -0.05) is 38.8 Å². The Morgan fingerprint density at radius 1 is 0.800 bits per heavy atom. The first-order valence-electron chi connectivity index (χ1n) is 3.66. The quantitative estimate of drug-likeness (QED) is 0.442. The molecule has 0 saturated heterocycles. The predicted octanol–water partition coefficient (Wildman–Crippen LogP) is 4.42. The van der Waals surface area contributed by atoms with E-state index in [9.17, 15) is 0 Å². The molecule has 0 saturated carbocycles. The molecule has 0 fully saturated rings. The van der Waals surface area contributed by atoms with Gasteiger partial charge in [-0.2, -0.15) is 0 Å². The van der Waals surface area contributed by atoms with Crippen LogP contribution in [0.4, 0.5) is 0 Å². The van der Waals surface area contributed by atoms with Gasteiger partial charge in [-0.25, -0.2) is 0 Å². The Hall–Kier alpha value is -0.260. The van der Waals surface area contributed by atoms with E-state index < -0.39 is 0 Å². The lowest BCUT2D eigenvalue weighted by Crippen LogP contribution is -1.66. The summed E-state index contributed by atoms with van der Waals surface area (Å²) in [4.78, 5) is 0. The lowest BCUT2D eigenvalue weighted by atomic mass is 10.2. The normalized spacial score (nSPS) is 6.60. The molecule has 0 spiro atoms. The minimum atomic E-state index is 0. The van der Waals surface area contributed by atoms with Crippen LogP contribution in [0.5, 0.6) is 0 Å². The molecule has 0 atom stereocenters. The van der Waals surface area contributed by atoms with Crippen LogP contribution in [0.1, 0.15) is 55.4 Å². The molecule has 0 aliphatic heterocycles. The third-order valence-corrected chi connectivity index (χ3v) is 1.00. The second-order valence-corrected chi connectivity index (χ2v) is 2.71. The molecule has 0 N–H and O–H groups in total. The van der Waals surface area contributed by atoms with Crippen molar-refractivity contribution in [2.45, 2.75) is 55.4 Å². The van der Waals surface area contributed by atoms with Gasteiger partial charge in [0.05, 0.1) is 0 Å². The van der Waals surface area contributed by atoms with Gasteiger partial charge in [-0.05, 0) is 27.7 Å². The zero-order valence-electron chi connectivity index (χ0n) is 7.71. The summed E-state index contributed by atoms with van der Waals surface area (Å²) in [7, 11) is 0. The maximum Gasteiger partial charge on any atom is -0.0440 e. The van der Waals surface area contributed by atoms with Gasteiger partial charge in [0.25, 0.3) is 0 Å². The van der Waals surface area contributed by atoms with Crippen LogP contribution < -0.4 is 0 Å². The van der Waals surface area contributed by atoms with Crippen LogP contribution in [0.3, 0.4) is 0 Å². The zero-order valence-corrected chi connectivity index (χ0v) is 7.71. The van der Waals surface area contributed by atoms with E-state index in [1.165, 1.54) is 17.6 Å². The van der Waals surface area contributed by atoms with Crippen molar-refractivity contribution in [1.29, 1.82) is 0 Å². The van der Waals surface area contributed by atoms with Crippen LogP contribution in [0.15, 0.2) is 11.1 Å². The van der Waals surface area contributed by atoms with Gasteiger partial charge in [0.15, 0.2) is 0 Å². The third kappa shape index (κ3) is 25.1. The molecule has 0 amide bonds. The SMILES string of the molecule is C.CC(C)=C(C)C.CCC. The maximum absolute atomic E-state index is 2.12. The van der Waals surface area contributed by atoms with Gasteiger partial charge in [0.1, 0.15) is 0 Å². The molecule has 0 heterocycles. The Morgan fingerprint density at radius 3 is 0.900 bits per heavy atom. The first-order valence-corrected chi connectivity index (χ1v) is 3.66. The van der Waals surface area contributed by atoms with E-state index in [1.807, 2.05) is 0 Å². The van der Waals surface area contributed by atoms with E-state index in [-0.39, 0.29) is 7.43 Å². The topological polar surface area (TPSA) is 0 Å². The Kier molecular flexibility index (Phi) is 18.9. The molecule has 0 radical (unpaired) electrons. The molecule has 0 aromatic rings. The van der Waals surface area contributed by atoms with Crippen LogP contribution in [-0.4, -0.2) is 0 Å². The average molecular weight is 144 g/mol. The first-order chi connectivity index (χ1) is 4.06. The third-order valence-electron chi connectivity index (χ3n) is 1.00. The second-order valence-electron chi connectivity index (χ2n) is 2.71. The van der Waals surface area contributed by atoms with Crippen molar-refractivity contribution < 1.29 is 0 Å². The highest BCUT2D eigenvalue weighted by molar-refractivity contribution is 5.02. The minimum Gasteiger partial charge on any atom is -0.0778 e. The van der Waals surface area contributed by atoms with E-state index in [0.29, 0.717) is 0 Å². The molecule has 0 aromatic carbocycles. The molecule has 10 heavy (non-hydrogen) atoms. The number of hydrogen-bond donors (Lipinski definition) is 0. The van der Waals surface area contributed by atoms with Crippen LogP contribution >= 0.6 is 0 Å². The van der Waals surface area contributed by atoms with Gasteiger partial charge >= 0.3 is 0 Å². The van der Waals surface area contributed by atoms with Crippen molar-refractivity contribution in [3.63, 3.8) is 0 Å². The van der Waals surface area contributed by atoms with Crippen LogP contribution in [0.25, 0.3) is 0 Å². The Bertz CT molecular complexity index is 60.0. The summed E-state index contributed by atoms with van der Waals surface area (Å²) in [5, 5.41) is 0. The summed E-state index contributed by atoms with van der Waals surface area (Å²) in [6, 6.07) is 0. The Morgan fingerprint density at radius 2 is 0.900 bits per heavy atom. The van der Waals surface area contributed by atoms with Crippen LogP contribution in [-0.2, 0) is 0 Å². The standard InChI is InChI=1S/C6H12.C3H8.CH4/c1-5(2)6(3)4;1-3-2;/h1-4H3;3H2,1-2H3;1H4. The summed E-state index contributed by atoms with van der Waals surface area (Å²) in [5.74, 6) is 0. The first kappa shape index (κ1) is 16.4. The van der Waals surface area contributed by atoms with Crippen LogP contribution in [0, 0.1) is 0 Å². The van der Waals surface area contributed by atoms with Crippen molar-refractivity contribution in [2.24, 2.45) is 0 Å². The molecule has 0 aromatic heterocycles. The molecule has 0 rings (SSSR count). The number of allylic oxidation sites excluding steroid dienone is 2. The van der Waals surface area contributed by atoms with Gasteiger partial charge in [-0.3, -0.25) is 0 Å². The maximum atomic E-state index is 2.12. The van der Waals surface area contributed by atoms with Gasteiger partial charge in [-0.15, -0.1) is 0 Å². The molecular weight excluding hydrogens is 120 g/mol. The van der Waals surface area contributed by atoms with Crippen molar-refractivity contribution >= 4 is 0 Å². The van der Waals surface area contributed by atoms with Gasteiger partial charge < -0.3 is 0 Å². The van der Waals surface area contributed by atoms with E-state index in [2.05, 4.69) is 41.5 Å². The predicted molar refractivity (Wildman–Crippen MR) is 52.4 cm³/mol. The largest absolute Gasteiger partial charge is 0.0778 e. The van der Waals surface area contributed by atoms with E-state index in [0.717, 1.165) is 0 Å². The summed E-state index contributed by atoms with van der Waals surface area (Å²) in [5.41, 5.74) is 2.85. The molecule has 0 heteroatoms. The fourth-order valence-electron chi connectivity index (χ4n) is 0. The van der Waals surface area contributed by atoms with Crippen molar-refractivity contribution in [3.05, 3.63) is 11.1 Å². The van der Waals surface area contributed by atoms with Crippen molar-refractivity contribution in [1.82, 2.24) is 0 Å². The molecule has 64 valence electrons. The summed E-state index contributed by atoms with van der Waals surface area (Å²) in [6.07, 6.45) is 1.25. The summed E-state index contributed by atoms with van der Waals surface area (Å²) >= 11 is 0. The fraction of sp³-hybridized carbons (Fsp3) is 0.800.